The van der Waals surface area contributed by atoms with Crippen molar-refractivity contribution in [1.29, 1.82) is 0 Å². The Kier molecular flexibility index (Phi) is 4.93. The second-order valence-corrected chi connectivity index (χ2v) is 6.50. The lowest BCUT2D eigenvalue weighted by Gasteiger charge is -2.04. The molecular weight excluding hydrogens is 316 g/mol. The van der Waals surface area contributed by atoms with Gasteiger partial charge in [0.15, 0.2) is 0 Å². The van der Waals surface area contributed by atoms with Crippen molar-refractivity contribution in [2.24, 2.45) is 0 Å². The van der Waals surface area contributed by atoms with Crippen molar-refractivity contribution in [2.45, 2.75) is 17.7 Å². The van der Waals surface area contributed by atoms with Crippen molar-refractivity contribution in [3.05, 3.63) is 59.2 Å². The van der Waals surface area contributed by atoms with E-state index in [2.05, 4.69) is 15.9 Å². The van der Waals surface area contributed by atoms with Gasteiger partial charge in [0.1, 0.15) is 5.75 Å². The Balaban J connectivity index is 1.48. The van der Waals surface area contributed by atoms with Crippen LogP contribution in [0, 0.1) is 0 Å². The number of rotatable bonds is 6. The summed E-state index contributed by atoms with van der Waals surface area (Å²) in [5.41, 5.74) is 2.43. The van der Waals surface area contributed by atoms with Gasteiger partial charge < -0.3 is 10.1 Å². The molecule has 114 valence electrons. The fraction of sp³-hybridized carbons (Fsp3) is 0.176. The Bertz CT molecular complexity index is 755. The molecule has 0 aliphatic carbocycles. The SMILES string of the molecule is Oc1ccc(SNCCCc2c[nH]c3ccc(Cl)cc23)cc1. The molecule has 0 atom stereocenters. The molecule has 22 heavy (non-hydrogen) atoms. The number of aromatic amines is 1. The number of fused-ring (bicyclic) bond motifs is 1. The maximum absolute atomic E-state index is 9.24. The minimum absolute atomic E-state index is 0.294. The molecule has 5 heteroatoms. The van der Waals surface area contributed by atoms with Gasteiger partial charge in [-0.3, -0.25) is 4.72 Å². The zero-order chi connectivity index (χ0) is 15.4. The van der Waals surface area contributed by atoms with Crippen molar-refractivity contribution in [3.63, 3.8) is 0 Å². The molecule has 0 unspecified atom stereocenters. The van der Waals surface area contributed by atoms with Gasteiger partial charge in [0.25, 0.3) is 0 Å². The van der Waals surface area contributed by atoms with Gasteiger partial charge in [-0.25, -0.2) is 0 Å². The number of aryl methyl sites for hydroxylation is 1. The van der Waals surface area contributed by atoms with E-state index in [9.17, 15) is 5.11 Å². The van der Waals surface area contributed by atoms with Crippen LogP contribution in [0.15, 0.2) is 53.6 Å². The second kappa shape index (κ2) is 7.09. The normalized spacial score (nSPS) is 11.1. The van der Waals surface area contributed by atoms with Gasteiger partial charge in [-0.1, -0.05) is 11.6 Å². The Hall–Kier alpha value is -1.62. The highest BCUT2D eigenvalue weighted by Gasteiger charge is 2.04. The third kappa shape index (κ3) is 3.77. The van der Waals surface area contributed by atoms with Crippen molar-refractivity contribution in [1.82, 2.24) is 9.71 Å². The topological polar surface area (TPSA) is 48.0 Å². The number of H-pyrrole nitrogens is 1. The first-order valence-electron chi connectivity index (χ1n) is 7.16. The number of nitrogens with one attached hydrogen (secondary N) is 2. The van der Waals surface area contributed by atoms with Gasteiger partial charge in [0.2, 0.25) is 0 Å². The summed E-state index contributed by atoms with van der Waals surface area (Å²) < 4.78 is 3.34. The van der Waals surface area contributed by atoms with E-state index < -0.39 is 0 Å². The number of hydrogen-bond acceptors (Lipinski definition) is 3. The van der Waals surface area contributed by atoms with Crippen LogP contribution in [0.25, 0.3) is 10.9 Å². The highest BCUT2D eigenvalue weighted by atomic mass is 35.5. The van der Waals surface area contributed by atoms with Gasteiger partial charge in [0, 0.05) is 33.6 Å². The Morgan fingerprint density at radius 1 is 1.14 bits per heavy atom. The predicted molar refractivity (Wildman–Crippen MR) is 93.6 cm³/mol. The molecule has 1 heterocycles. The fourth-order valence-corrected chi connectivity index (χ4v) is 3.21. The van der Waals surface area contributed by atoms with Gasteiger partial charge in [-0.15, -0.1) is 0 Å². The van der Waals surface area contributed by atoms with Crippen LogP contribution >= 0.6 is 23.5 Å². The minimum Gasteiger partial charge on any atom is -0.508 e. The van der Waals surface area contributed by atoms with Crippen molar-refractivity contribution in [2.75, 3.05) is 6.54 Å². The summed E-state index contributed by atoms with van der Waals surface area (Å²) in [5.74, 6) is 0.294. The van der Waals surface area contributed by atoms with E-state index in [1.54, 1.807) is 24.1 Å². The standard InChI is InChI=1S/C17H17ClN2OS/c18-13-3-8-17-16(10-13)12(11-19-17)2-1-9-20-22-15-6-4-14(21)5-7-15/h3-8,10-11,19-21H,1-2,9H2. The lowest BCUT2D eigenvalue weighted by atomic mass is 10.1. The molecule has 3 N–H and O–H groups in total. The molecule has 0 aliphatic rings. The number of phenolic OH excluding ortho intramolecular Hbond substituents is 1. The maximum atomic E-state index is 9.24. The van der Waals surface area contributed by atoms with Crippen LogP contribution in [0.3, 0.4) is 0 Å². The number of benzene rings is 2. The lowest BCUT2D eigenvalue weighted by molar-refractivity contribution is 0.475. The predicted octanol–water partition coefficient (Wildman–Crippen LogP) is 4.76. The number of aromatic hydroxyl groups is 1. The molecular formula is C17H17ClN2OS. The van der Waals surface area contributed by atoms with Gasteiger partial charge in [-0.05, 0) is 72.8 Å². The highest BCUT2D eigenvalue weighted by molar-refractivity contribution is 7.97. The third-order valence-electron chi connectivity index (χ3n) is 3.48. The van der Waals surface area contributed by atoms with Crippen LogP contribution in [0.4, 0.5) is 0 Å². The summed E-state index contributed by atoms with van der Waals surface area (Å²) in [5, 5.41) is 11.2. The van der Waals surface area contributed by atoms with Crippen LogP contribution in [-0.2, 0) is 6.42 Å². The number of halogens is 1. The highest BCUT2D eigenvalue weighted by Crippen LogP contribution is 2.23. The smallest absolute Gasteiger partial charge is 0.115 e. The molecule has 0 spiro atoms. The van der Waals surface area contributed by atoms with E-state index in [-0.39, 0.29) is 0 Å². The van der Waals surface area contributed by atoms with Crippen LogP contribution in [-0.4, -0.2) is 16.6 Å². The summed E-state index contributed by atoms with van der Waals surface area (Å²) in [7, 11) is 0. The van der Waals surface area contributed by atoms with Crippen molar-refractivity contribution in [3.8, 4) is 5.75 Å². The van der Waals surface area contributed by atoms with E-state index in [1.807, 2.05) is 30.3 Å². The first-order chi connectivity index (χ1) is 10.7. The van der Waals surface area contributed by atoms with Crippen LogP contribution < -0.4 is 4.72 Å². The number of hydrogen-bond donors (Lipinski definition) is 3. The second-order valence-electron chi connectivity index (χ2n) is 5.10. The van der Waals surface area contributed by atoms with Crippen LogP contribution in [0.5, 0.6) is 5.75 Å². The molecule has 0 saturated carbocycles. The third-order valence-corrected chi connectivity index (χ3v) is 4.57. The summed E-state index contributed by atoms with van der Waals surface area (Å²) in [6, 6.07) is 13.1. The first kappa shape index (κ1) is 15.3. The molecule has 3 aromatic rings. The molecule has 2 aromatic carbocycles. The Morgan fingerprint density at radius 3 is 2.77 bits per heavy atom. The molecule has 0 amide bonds. The molecule has 1 aromatic heterocycles. The van der Waals surface area contributed by atoms with Gasteiger partial charge >= 0.3 is 0 Å². The largest absolute Gasteiger partial charge is 0.508 e. The molecule has 0 bridgehead atoms. The average molecular weight is 333 g/mol. The van der Waals surface area contributed by atoms with E-state index >= 15 is 0 Å². The van der Waals surface area contributed by atoms with Crippen molar-refractivity contribution < 1.29 is 5.11 Å². The van der Waals surface area contributed by atoms with E-state index in [1.165, 1.54) is 10.9 Å². The van der Waals surface area contributed by atoms with Gasteiger partial charge in [0.05, 0.1) is 0 Å². The van der Waals surface area contributed by atoms with Crippen LogP contribution in [0.2, 0.25) is 5.02 Å². The molecule has 0 fully saturated rings. The van der Waals surface area contributed by atoms with Crippen LogP contribution in [0.1, 0.15) is 12.0 Å². The zero-order valence-corrected chi connectivity index (χ0v) is 13.5. The number of phenols is 1. The minimum atomic E-state index is 0.294. The molecule has 3 rings (SSSR count). The first-order valence-corrected chi connectivity index (χ1v) is 8.36. The van der Waals surface area contributed by atoms with Gasteiger partial charge in [-0.2, -0.15) is 0 Å². The average Bonchev–Trinajstić information content (AvgIpc) is 2.91. The maximum Gasteiger partial charge on any atom is 0.115 e. The zero-order valence-electron chi connectivity index (χ0n) is 12.0. The molecule has 3 nitrogen and oxygen atoms in total. The monoisotopic (exact) mass is 332 g/mol. The Labute approximate surface area is 138 Å². The quantitative estimate of drug-likeness (QED) is 0.450. The summed E-state index contributed by atoms with van der Waals surface area (Å²) in [6.07, 6.45) is 4.11. The fourth-order valence-electron chi connectivity index (χ4n) is 2.36. The van der Waals surface area contributed by atoms with E-state index in [0.29, 0.717) is 5.75 Å². The molecule has 0 aliphatic heterocycles. The summed E-state index contributed by atoms with van der Waals surface area (Å²) in [6.45, 7) is 0.915. The Morgan fingerprint density at radius 2 is 1.95 bits per heavy atom. The number of aromatic nitrogens is 1. The van der Waals surface area contributed by atoms with E-state index in [0.717, 1.165) is 34.8 Å². The molecule has 0 radical (unpaired) electrons. The summed E-state index contributed by atoms with van der Waals surface area (Å²) >= 11 is 7.65. The van der Waals surface area contributed by atoms with Crippen molar-refractivity contribution >= 4 is 34.5 Å². The summed E-state index contributed by atoms with van der Waals surface area (Å²) in [4.78, 5) is 4.37. The lowest BCUT2D eigenvalue weighted by Crippen LogP contribution is -2.06. The van der Waals surface area contributed by atoms with E-state index in [4.69, 9.17) is 11.6 Å². The molecule has 0 saturated heterocycles.